The van der Waals surface area contributed by atoms with Gasteiger partial charge < -0.3 is 20.5 Å². The minimum Gasteiger partial charge on any atom is -0.464 e. The van der Waals surface area contributed by atoms with Gasteiger partial charge in [0.2, 0.25) is 0 Å². The molecular weight excluding hydrogens is 184 g/mol. The minimum absolute atomic E-state index is 0.0451. The van der Waals surface area contributed by atoms with E-state index in [1.807, 2.05) is 6.92 Å². The van der Waals surface area contributed by atoms with E-state index in [2.05, 4.69) is 10.1 Å². The number of nitrogens with two attached hydrogens (primary N) is 1. The van der Waals surface area contributed by atoms with E-state index in [0.717, 1.165) is 12.2 Å². The molecule has 0 rings (SSSR count). The Bertz CT molecular complexity index is 192. The normalized spacial score (nSPS) is 11.1. The van der Waals surface area contributed by atoms with Crippen LogP contribution >= 0.6 is 0 Å². The van der Waals surface area contributed by atoms with Gasteiger partial charge in [0, 0.05) is 12.7 Å². The predicted molar refractivity (Wildman–Crippen MR) is 53.4 cm³/mol. The molecule has 0 aromatic heterocycles. The second kappa shape index (κ2) is 8.37. The van der Waals surface area contributed by atoms with Gasteiger partial charge in [0.25, 0.3) is 0 Å². The lowest BCUT2D eigenvalue weighted by atomic mass is 10.5. The van der Waals surface area contributed by atoms with E-state index in [9.17, 15) is 4.79 Å². The first-order chi connectivity index (χ1) is 6.74. The van der Waals surface area contributed by atoms with Crippen LogP contribution in [0.5, 0.6) is 0 Å². The lowest BCUT2D eigenvalue weighted by molar-refractivity contribution is -0.148. The van der Waals surface area contributed by atoms with Crippen LogP contribution in [0.4, 0.5) is 0 Å². The number of nitrogens with one attached hydrogen (secondary N) is 1. The quantitative estimate of drug-likeness (QED) is 0.567. The average Bonchev–Trinajstić information content (AvgIpc) is 2.17. The number of hydrogen-bond acceptors (Lipinski definition) is 5. The highest BCUT2D eigenvalue weighted by molar-refractivity contribution is 5.70. The number of carbonyl (C=O) groups excluding carboxylic acids is 1. The summed E-state index contributed by atoms with van der Waals surface area (Å²) in [6.45, 7) is 5.09. The molecule has 0 saturated carbocycles. The molecule has 14 heavy (non-hydrogen) atoms. The van der Waals surface area contributed by atoms with E-state index in [1.54, 1.807) is 6.92 Å². The Morgan fingerprint density at radius 2 is 2.14 bits per heavy atom. The molecule has 0 unspecified atom stereocenters. The Labute approximate surface area is 84.2 Å². The monoisotopic (exact) mass is 202 g/mol. The molecule has 0 aliphatic heterocycles. The zero-order chi connectivity index (χ0) is 10.8. The summed E-state index contributed by atoms with van der Waals surface area (Å²) in [4.78, 5) is 10.9. The van der Waals surface area contributed by atoms with Crippen LogP contribution in [0.1, 0.15) is 13.8 Å². The van der Waals surface area contributed by atoms with Gasteiger partial charge in [-0.15, -0.1) is 0 Å². The van der Waals surface area contributed by atoms with Crippen LogP contribution in [0.15, 0.2) is 11.9 Å². The van der Waals surface area contributed by atoms with Crippen LogP contribution in [0.2, 0.25) is 0 Å². The summed E-state index contributed by atoms with van der Waals surface area (Å²) < 4.78 is 9.75. The van der Waals surface area contributed by atoms with E-state index in [1.165, 1.54) is 6.20 Å². The maximum atomic E-state index is 10.9. The zero-order valence-electron chi connectivity index (χ0n) is 8.71. The van der Waals surface area contributed by atoms with Crippen molar-refractivity contribution in [2.45, 2.75) is 13.8 Å². The van der Waals surface area contributed by atoms with Gasteiger partial charge in [0.15, 0.2) is 0 Å². The Kier molecular flexibility index (Phi) is 7.64. The molecule has 0 fully saturated rings. The number of rotatable bonds is 7. The van der Waals surface area contributed by atoms with Crippen LogP contribution in [0.25, 0.3) is 0 Å². The molecule has 0 spiro atoms. The van der Waals surface area contributed by atoms with Crippen molar-refractivity contribution in [1.82, 2.24) is 5.32 Å². The fraction of sp³-hybridized carbons (Fsp3) is 0.667. The van der Waals surface area contributed by atoms with Gasteiger partial charge in [-0.3, -0.25) is 0 Å². The molecule has 0 heterocycles. The Balaban J connectivity index is 3.56. The second-order valence-electron chi connectivity index (χ2n) is 2.52. The zero-order valence-corrected chi connectivity index (χ0v) is 8.71. The highest BCUT2D eigenvalue weighted by Crippen LogP contribution is 1.89. The first kappa shape index (κ1) is 12.8. The van der Waals surface area contributed by atoms with Gasteiger partial charge in [-0.05, 0) is 13.8 Å². The van der Waals surface area contributed by atoms with Crippen molar-refractivity contribution in [3.05, 3.63) is 11.9 Å². The van der Waals surface area contributed by atoms with Crippen LogP contribution in [-0.4, -0.2) is 32.3 Å². The molecule has 3 N–H and O–H groups in total. The summed E-state index contributed by atoms with van der Waals surface area (Å²) >= 11 is 0. The molecule has 0 radical (unpaired) electrons. The number of ether oxygens (including phenoxy) is 2. The predicted octanol–water partition coefficient (Wildman–Crippen LogP) is -0.0243. The SMILES string of the molecule is CCN/C(=C\N)COCC(=O)OCC. The van der Waals surface area contributed by atoms with E-state index < -0.39 is 0 Å². The molecule has 0 aliphatic rings. The lowest BCUT2D eigenvalue weighted by Gasteiger charge is -2.08. The van der Waals surface area contributed by atoms with Gasteiger partial charge in [0.05, 0.1) is 18.9 Å². The third-order valence-corrected chi connectivity index (χ3v) is 1.39. The summed E-state index contributed by atoms with van der Waals surface area (Å²) in [5.41, 5.74) is 6.07. The molecule has 0 saturated heterocycles. The van der Waals surface area contributed by atoms with E-state index >= 15 is 0 Å². The van der Waals surface area contributed by atoms with Crippen molar-refractivity contribution in [1.29, 1.82) is 0 Å². The second-order valence-corrected chi connectivity index (χ2v) is 2.52. The lowest BCUT2D eigenvalue weighted by Crippen LogP contribution is -2.21. The average molecular weight is 202 g/mol. The summed E-state index contributed by atoms with van der Waals surface area (Å²) in [7, 11) is 0. The maximum Gasteiger partial charge on any atom is 0.332 e. The van der Waals surface area contributed by atoms with Crippen molar-refractivity contribution in [3.63, 3.8) is 0 Å². The van der Waals surface area contributed by atoms with Crippen LogP contribution in [-0.2, 0) is 14.3 Å². The number of hydrogen-bond donors (Lipinski definition) is 2. The molecule has 0 aliphatic carbocycles. The van der Waals surface area contributed by atoms with Gasteiger partial charge in [0.1, 0.15) is 6.61 Å². The molecule has 0 bridgehead atoms. The van der Waals surface area contributed by atoms with Crippen molar-refractivity contribution in [2.24, 2.45) is 5.73 Å². The van der Waals surface area contributed by atoms with Gasteiger partial charge in [-0.1, -0.05) is 0 Å². The molecular formula is C9H18N2O3. The van der Waals surface area contributed by atoms with Gasteiger partial charge in [-0.25, -0.2) is 4.79 Å². The topological polar surface area (TPSA) is 73.6 Å². The summed E-state index contributed by atoms with van der Waals surface area (Å²) in [6.07, 6.45) is 1.43. The van der Waals surface area contributed by atoms with Crippen molar-refractivity contribution >= 4 is 5.97 Å². The first-order valence-electron chi connectivity index (χ1n) is 4.62. The van der Waals surface area contributed by atoms with E-state index in [4.69, 9.17) is 10.5 Å². The van der Waals surface area contributed by atoms with Crippen LogP contribution < -0.4 is 11.1 Å². The van der Waals surface area contributed by atoms with Crippen molar-refractivity contribution in [3.8, 4) is 0 Å². The smallest absolute Gasteiger partial charge is 0.332 e. The van der Waals surface area contributed by atoms with Gasteiger partial charge in [-0.2, -0.15) is 0 Å². The summed E-state index contributed by atoms with van der Waals surface area (Å²) in [5, 5.41) is 3.00. The van der Waals surface area contributed by atoms with Crippen LogP contribution in [0.3, 0.4) is 0 Å². The van der Waals surface area contributed by atoms with E-state index in [-0.39, 0.29) is 12.6 Å². The Morgan fingerprint density at radius 3 is 2.64 bits per heavy atom. The third kappa shape index (κ3) is 6.30. The number of carbonyl (C=O) groups is 1. The first-order valence-corrected chi connectivity index (χ1v) is 4.62. The summed E-state index contributed by atoms with van der Waals surface area (Å²) in [5.74, 6) is -0.361. The fourth-order valence-corrected chi connectivity index (χ4v) is 0.832. The van der Waals surface area contributed by atoms with E-state index in [0.29, 0.717) is 13.2 Å². The molecule has 82 valence electrons. The standard InChI is InChI=1S/C9H18N2O3/c1-3-11-8(5-10)6-13-7-9(12)14-4-2/h5,11H,3-4,6-7,10H2,1-2H3/b8-5-. The Morgan fingerprint density at radius 1 is 1.43 bits per heavy atom. The molecule has 0 aromatic carbocycles. The molecule has 0 amide bonds. The number of esters is 1. The maximum absolute atomic E-state index is 10.9. The molecule has 5 heteroatoms. The highest BCUT2D eigenvalue weighted by atomic mass is 16.6. The molecule has 5 nitrogen and oxygen atoms in total. The highest BCUT2D eigenvalue weighted by Gasteiger charge is 2.02. The largest absolute Gasteiger partial charge is 0.464 e. The third-order valence-electron chi connectivity index (χ3n) is 1.39. The van der Waals surface area contributed by atoms with Gasteiger partial charge >= 0.3 is 5.97 Å². The van der Waals surface area contributed by atoms with Crippen molar-refractivity contribution in [2.75, 3.05) is 26.4 Å². The molecule has 0 aromatic rings. The van der Waals surface area contributed by atoms with Crippen molar-refractivity contribution < 1.29 is 14.3 Å². The fourth-order valence-electron chi connectivity index (χ4n) is 0.832. The summed E-state index contributed by atoms with van der Waals surface area (Å²) in [6, 6.07) is 0. The minimum atomic E-state index is -0.361. The number of likely N-dealkylation sites (N-methyl/N-ethyl adjacent to an activating group) is 1. The van der Waals surface area contributed by atoms with Crippen LogP contribution in [0, 0.1) is 0 Å². The molecule has 0 atom stereocenters. The Hall–Kier alpha value is -1.23.